The molecule has 0 aromatic heterocycles. The van der Waals surface area contributed by atoms with E-state index in [4.69, 9.17) is 27.9 Å². The molecule has 2 rings (SSSR count). The van der Waals surface area contributed by atoms with Gasteiger partial charge in [0, 0.05) is 12.6 Å². The van der Waals surface area contributed by atoms with Crippen molar-refractivity contribution in [2.75, 3.05) is 19.5 Å². The lowest BCUT2D eigenvalue weighted by Crippen LogP contribution is -2.21. The summed E-state index contributed by atoms with van der Waals surface area (Å²) in [6.45, 7) is 0. The average molecular weight is 353 g/mol. The third-order valence-corrected chi connectivity index (χ3v) is 3.67. The van der Waals surface area contributed by atoms with Crippen molar-refractivity contribution in [3.05, 3.63) is 57.6 Å². The highest BCUT2D eigenvalue weighted by Crippen LogP contribution is 2.34. The molecule has 0 unspecified atom stereocenters. The average Bonchev–Trinajstić information content (AvgIpc) is 2.54. The Morgan fingerprint density at radius 1 is 1.04 bits per heavy atom. The lowest BCUT2D eigenvalue weighted by Gasteiger charge is -2.12. The predicted octanol–water partition coefficient (Wildman–Crippen LogP) is 3.61. The summed E-state index contributed by atoms with van der Waals surface area (Å²) in [4.78, 5) is 24.2. The van der Waals surface area contributed by atoms with E-state index in [0.717, 1.165) is 0 Å². The van der Waals surface area contributed by atoms with Gasteiger partial charge in [-0.15, -0.1) is 0 Å². The van der Waals surface area contributed by atoms with Crippen LogP contribution in [-0.4, -0.2) is 26.0 Å². The quantitative estimate of drug-likeness (QED) is 0.882. The Hall–Kier alpha value is -2.24. The summed E-state index contributed by atoms with van der Waals surface area (Å²) in [5.74, 6) is -0.435. The summed E-state index contributed by atoms with van der Waals surface area (Å²) < 4.78 is 5.05. The molecular formula is C16H14Cl2N2O3. The molecule has 2 aromatic rings. The number of ether oxygens (including phenoxy) is 1. The van der Waals surface area contributed by atoms with Crippen LogP contribution in [0.3, 0.4) is 0 Å². The highest BCUT2D eigenvalue weighted by Gasteiger charge is 2.16. The van der Waals surface area contributed by atoms with Crippen molar-refractivity contribution in [3.8, 4) is 5.75 Å². The van der Waals surface area contributed by atoms with Crippen LogP contribution in [0.4, 0.5) is 5.69 Å². The third-order valence-electron chi connectivity index (χ3n) is 3.11. The topological polar surface area (TPSA) is 67.4 Å². The van der Waals surface area contributed by atoms with Crippen LogP contribution in [-0.2, 0) is 0 Å². The van der Waals surface area contributed by atoms with Crippen LogP contribution in [0.5, 0.6) is 5.75 Å². The van der Waals surface area contributed by atoms with Crippen LogP contribution >= 0.6 is 23.2 Å². The number of hydrogen-bond acceptors (Lipinski definition) is 3. The van der Waals surface area contributed by atoms with Crippen LogP contribution in [0.15, 0.2) is 36.4 Å². The third kappa shape index (κ3) is 3.75. The second-order valence-electron chi connectivity index (χ2n) is 4.55. The van der Waals surface area contributed by atoms with E-state index < -0.39 is 5.91 Å². The van der Waals surface area contributed by atoms with Crippen molar-refractivity contribution in [1.29, 1.82) is 0 Å². The van der Waals surface area contributed by atoms with Gasteiger partial charge in [-0.3, -0.25) is 9.59 Å². The first-order valence-electron chi connectivity index (χ1n) is 6.63. The lowest BCUT2D eigenvalue weighted by atomic mass is 10.1. The zero-order valence-electron chi connectivity index (χ0n) is 12.4. The molecule has 0 aliphatic rings. The van der Waals surface area contributed by atoms with Gasteiger partial charge in [0.25, 0.3) is 11.8 Å². The number of amides is 2. The van der Waals surface area contributed by atoms with Gasteiger partial charge in [0.1, 0.15) is 0 Å². The highest BCUT2D eigenvalue weighted by molar-refractivity contribution is 6.37. The first-order chi connectivity index (χ1) is 11.0. The molecule has 0 radical (unpaired) electrons. The summed E-state index contributed by atoms with van der Waals surface area (Å²) in [5.41, 5.74) is 1.00. The molecule has 5 nitrogen and oxygen atoms in total. The summed E-state index contributed by atoms with van der Waals surface area (Å²) >= 11 is 12.1. The fraction of sp³-hybridized carbons (Fsp3) is 0.125. The highest BCUT2D eigenvalue weighted by atomic mass is 35.5. The van der Waals surface area contributed by atoms with Crippen molar-refractivity contribution >= 4 is 40.7 Å². The van der Waals surface area contributed by atoms with Gasteiger partial charge in [-0.05, 0) is 24.3 Å². The van der Waals surface area contributed by atoms with E-state index in [1.54, 1.807) is 24.3 Å². The molecule has 0 saturated heterocycles. The maximum Gasteiger partial charge on any atom is 0.255 e. The van der Waals surface area contributed by atoms with Crippen molar-refractivity contribution in [2.45, 2.75) is 0 Å². The van der Waals surface area contributed by atoms with Gasteiger partial charge < -0.3 is 15.4 Å². The standard InChI is InChI=1S/C16H14Cl2N2O3/c1-19-16(22)10-5-3-4-6-13(10)20-15(21)9-7-11(17)14(23-2)12(18)8-9/h3-8H,1-2H3,(H,19,22)(H,20,21). The Morgan fingerprint density at radius 2 is 1.65 bits per heavy atom. The molecule has 0 spiro atoms. The molecule has 0 heterocycles. The Morgan fingerprint density at radius 3 is 2.22 bits per heavy atom. The Kier molecular flexibility index (Phi) is 5.47. The van der Waals surface area contributed by atoms with Gasteiger partial charge in [-0.25, -0.2) is 0 Å². The SMILES string of the molecule is CNC(=O)c1ccccc1NC(=O)c1cc(Cl)c(OC)c(Cl)c1. The molecule has 0 saturated carbocycles. The van der Waals surface area contributed by atoms with Crippen LogP contribution in [0.2, 0.25) is 10.0 Å². The molecule has 2 N–H and O–H groups in total. The largest absolute Gasteiger partial charge is 0.494 e. The van der Waals surface area contributed by atoms with E-state index in [1.807, 2.05) is 0 Å². The molecule has 0 bridgehead atoms. The van der Waals surface area contributed by atoms with E-state index in [-0.39, 0.29) is 21.5 Å². The number of carbonyl (C=O) groups is 2. The van der Waals surface area contributed by atoms with Crippen molar-refractivity contribution < 1.29 is 14.3 Å². The number of anilines is 1. The van der Waals surface area contributed by atoms with Gasteiger partial charge in [-0.2, -0.15) is 0 Å². The molecule has 0 aliphatic heterocycles. The molecule has 0 atom stereocenters. The summed E-state index contributed by atoms with van der Waals surface area (Å²) in [7, 11) is 2.95. The fourth-order valence-electron chi connectivity index (χ4n) is 2.01. The maximum absolute atomic E-state index is 12.4. The van der Waals surface area contributed by atoms with Crippen molar-refractivity contribution in [3.63, 3.8) is 0 Å². The van der Waals surface area contributed by atoms with Crippen LogP contribution in [0.25, 0.3) is 0 Å². The van der Waals surface area contributed by atoms with Crippen LogP contribution in [0, 0.1) is 0 Å². The molecular weight excluding hydrogens is 339 g/mol. The first kappa shape index (κ1) is 17.1. The zero-order chi connectivity index (χ0) is 17.0. The lowest BCUT2D eigenvalue weighted by molar-refractivity contribution is 0.0964. The summed E-state index contributed by atoms with van der Waals surface area (Å²) in [6.07, 6.45) is 0. The van der Waals surface area contributed by atoms with E-state index >= 15 is 0 Å². The second-order valence-corrected chi connectivity index (χ2v) is 5.37. The molecule has 2 aromatic carbocycles. The Labute approximate surface area is 143 Å². The van der Waals surface area contributed by atoms with Crippen molar-refractivity contribution in [2.24, 2.45) is 0 Å². The first-order valence-corrected chi connectivity index (χ1v) is 7.39. The molecule has 0 fully saturated rings. The maximum atomic E-state index is 12.4. The van der Waals surface area contributed by atoms with Crippen LogP contribution < -0.4 is 15.4 Å². The molecule has 23 heavy (non-hydrogen) atoms. The molecule has 0 aliphatic carbocycles. The van der Waals surface area contributed by atoms with Gasteiger partial charge in [0.15, 0.2) is 5.75 Å². The minimum atomic E-state index is -0.437. The monoisotopic (exact) mass is 352 g/mol. The number of para-hydroxylation sites is 1. The number of carbonyl (C=O) groups excluding carboxylic acids is 2. The van der Waals surface area contributed by atoms with E-state index in [2.05, 4.69) is 10.6 Å². The minimum absolute atomic E-state index is 0.227. The Bertz CT molecular complexity index is 740. The molecule has 2 amide bonds. The van der Waals surface area contributed by atoms with E-state index in [9.17, 15) is 9.59 Å². The smallest absolute Gasteiger partial charge is 0.255 e. The minimum Gasteiger partial charge on any atom is -0.494 e. The zero-order valence-corrected chi connectivity index (χ0v) is 14.0. The summed E-state index contributed by atoms with van der Waals surface area (Å²) in [6, 6.07) is 9.57. The number of methoxy groups -OCH3 is 1. The van der Waals surface area contributed by atoms with E-state index in [1.165, 1.54) is 26.3 Å². The van der Waals surface area contributed by atoms with Gasteiger partial charge in [0.05, 0.1) is 28.4 Å². The molecule has 7 heteroatoms. The number of nitrogens with one attached hydrogen (secondary N) is 2. The van der Waals surface area contributed by atoms with Gasteiger partial charge >= 0.3 is 0 Å². The summed E-state index contributed by atoms with van der Waals surface area (Å²) in [5, 5.41) is 5.65. The number of hydrogen-bond donors (Lipinski definition) is 2. The second kappa shape index (κ2) is 7.35. The fourth-order valence-corrected chi connectivity index (χ4v) is 2.65. The van der Waals surface area contributed by atoms with Gasteiger partial charge in [-0.1, -0.05) is 35.3 Å². The van der Waals surface area contributed by atoms with Gasteiger partial charge in [0.2, 0.25) is 0 Å². The number of rotatable bonds is 4. The molecule has 120 valence electrons. The van der Waals surface area contributed by atoms with Crippen molar-refractivity contribution in [1.82, 2.24) is 5.32 Å². The normalized spacial score (nSPS) is 10.1. The number of halogens is 2. The van der Waals surface area contributed by atoms with E-state index in [0.29, 0.717) is 17.0 Å². The van der Waals surface area contributed by atoms with Crippen LogP contribution in [0.1, 0.15) is 20.7 Å². The predicted molar refractivity (Wildman–Crippen MR) is 90.8 cm³/mol. The number of benzene rings is 2. The Balaban J connectivity index is 2.32.